The maximum Gasteiger partial charge on any atom is 0.244 e. The molecule has 198 valence electrons. The second kappa shape index (κ2) is 13.2. The zero-order valence-corrected chi connectivity index (χ0v) is 24.2. The standard InChI is InChI=1S/C24H29Cl4N3O4S/c1-5-21(24(33)29-12-15(2)3)30(13-17-18(26)7-6-8-19(17)27)23(32)14-31(36(4,34)35)22-11-16(25)9-10-20(22)28/h6-11,15,21H,5,12-14H2,1-4H3,(H,29,33). The maximum absolute atomic E-state index is 13.7. The molecule has 0 saturated carbocycles. The summed E-state index contributed by atoms with van der Waals surface area (Å²) in [6, 6.07) is 8.32. The predicted molar refractivity (Wildman–Crippen MR) is 148 cm³/mol. The Hall–Kier alpha value is -1.71. The fourth-order valence-electron chi connectivity index (χ4n) is 3.47. The molecule has 0 aromatic heterocycles. The van der Waals surface area contributed by atoms with Crippen LogP contribution in [0.4, 0.5) is 5.69 Å². The lowest BCUT2D eigenvalue weighted by Gasteiger charge is -2.33. The minimum absolute atomic E-state index is 0.0491. The second-order valence-corrected chi connectivity index (χ2v) is 12.2. The van der Waals surface area contributed by atoms with Crippen molar-refractivity contribution in [2.24, 2.45) is 5.92 Å². The highest BCUT2D eigenvalue weighted by Crippen LogP contribution is 2.32. The van der Waals surface area contributed by atoms with Gasteiger partial charge in [-0.15, -0.1) is 0 Å². The van der Waals surface area contributed by atoms with E-state index >= 15 is 0 Å². The summed E-state index contributed by atoms with van der Waals surface area (Å²) in [5.74, 6) is -0.812. The highest BCUT2D eigenvalue weighted by atomic mass is 35.5. The first-order valence-corrected chi connectivity index (χ1v) is 14.5. The third kappa shape index (κ3) is 8.15. The molecule has 0 aliphatic rings. The zero-order valence-electron chi connectivity index (χ0n) is 20.4. The number of amides is 2. The highest BCUT2D eigenvalue weighted by molar-refractivity contribution is 7.92. The number of benzene rings is 2. The SMILES string of the molecule is CCC(C(=O)NCC(C)C)N(Cc1c(Cl)cccc1Cl)C(=O)CN(c1cc(Cl)ccc1Cl)S(C)(=O)=O. The molecule has 36 heavy (non-hydrogen) atoms. The van der Waals surface area contributed by atoms with Gasteiger partial charge in [-0.05, 0) is 42.7 Å². The van der Waals surface area contributed by atoms with Crippen LogP contribution in [0.5, 0.6) is 0 Å². The van der Waals surface area contributed by atoms with E-state index in [0.29, 0.717) is 22.2 Å². The van der Waals surface area contributed by atoms with Gasteiger partial charge in [0.1, 0.15) is 12.6 Å². The molecule has 0 bridgehead atoms. The molecule has 7 nitrogen and oxygen atoms in total. The van der Waals surface area contributed by atoms with Crippen LogP contribution in [-0.4, -0.2) is 50.5 Å². The van der Waals surface area contributed by atoms with Gasteiger partial charge >= 0.3 is 0 Å². The fourth-order valence-corrected chi connectivity index (χ4v) is 5.27. The number of sulfonamides is 1. The van der Waals surface area contributed by atoms with E-state index in [9.17, 15) is 18.0 Å². The van der Waals surface area contributed by atoms with E-state index in [0.717, 1.165) is 10.6 Å². The second-order valence-electron chi connectivity index (χ2n) is 8.65. The molecular weight excluding hydrogens is 568 g/mol. The van der Waals surface area contributed by atoms with Crippen molar-refractivity contribution in [2.45, 2.75) is 39.8 Å². The molecule has 0 fully saturated rings. The summed E-state index contributed by atoms with van der Waals surface area (Å²) in [5, 5.41) is 3.82. The fraction of sp³-hybridized carbons (Fsp3) is 0.417. The Morgan fingerprint density at radius 1 is 1.00 bits per heavy atom. The predicted octanol–water partition coefficient (Wildman–Crippen LogP) is 5.65. The quantitative estimate of drug-likeness (QED) is 0.363. The van der Waals surface area contributed by atoms with Gasteiger partial charge in [-0.1, -0.05) is 73.2 Å². The van der Waals surface area contributed by atoms with Crippen molar-refractivity contribution in [3.63, 3.8) is 0 Å². The molecule has 12 heteroatoms. The van der Waals surface area contributed by atoms with Crippen LogP contribution in [0.2, 0.25) is 20.1 Å². The van der Waals surface area contributed by atoms with E-state index in [1.165, 1.54) is 23.1 Å². The molecule has 2 aromatic rings. The number of rotatable bonds is 11. The summed E-state index contributed by atoms with van der Waals surface area (Å²) in [6.07, 6.45) is 1.23. The number of nitrogens with zero attached hydrogens (tertiary/aromatic N) is 2. The molecule has 1 N–H and O–H groups in total. The molecule has 2 rings (SSSR count). The largest absolute Gasteiger partial charge is 0.354 e. The van der Waals surface area contributed by atoms with Crippen LogP contribution in [0, 0.1) is 5.92 Å². The first-order chi connectivity index (χ1) is 16.8. The number of carbonyl (C=O) groups excluding carboxylic acids is 2. The molecule has 0 aliphatic carbocycles. The molecule has 2 amide bonds. The Bertz CT molecular complexity index is 1190. The zero-order chi connectivity index (χ0) is 27.2. The van der Waals surface area contributed by atoms with E-state index in [1.807, 2.05) is 13.8 Å². The summed E-state index contributed by atoms with van der Waals surface area (Å²) >= 11 is 25.0. The topological polar surface area (TPSA) is 86.8 Å². The van der Waals surface area contributed by atoms with Gasteiger partial charge in [0.2, 0.25) is 21.8 Å². The lowest BCUT2D eigenvalue weighted by atomic mass is 10.1. The van der Waals surface area contributed by atoms with Crippen LogP contribution in [-0.2, 0) is 26.2 Å². The van der Waals surface area contributed by atoms with Crippen molar-refractivity contribution < 1.29 is 18.0 Å². The molecule has 0 saturated heterocycles. The average molecular weight is 597 g/mol. The Morgan fingerprint density at radius 3 is 2.14 bits per heavy atom. The van der Waals surface area contributed by atoms with Crippen LogP contribution < -0.4 is 9.62 Å². The number of anilines is 1. The Balaban J connectivity index is 2.53. The summed E-state index contributed by atoms with van der Waals surface area (Å²) < 4.78 is 26.3. The highest BCUT2D eigenvalue weighted by Gasteiger charge is 2.33. The van der Waals surface area contributed by atoms with Gasteiger partial charge in [-0.2, -0.15) is 0 Å². The minimum Gasteiger partial charge on any atom is -0.354 e. The summed E-state index contributed by atoms with van der Waals surface area (Å²) in [5.41, 5.74) is 0.490. The van der Waals surface area contributed by atoms with Crippen molar-refractivity contribution in [3.8, 4) is 0 Å². The van der Waals surface area contributed by atoms with Gasteiger partial charge in [0, 0.05) is 33.7 Å². The van der Waals surface area contributed by atoms with Crippen molar-refractivity contribution in [1.82, 2.24) is 10.2 Å². The number of hydrogen-bond donors (Lipinski definition) is 1. The number of nitrogens with one attached hydrogen (secondary N) is 1. The lowest BCUT2D eigenvalue weighted by molar-refractivity contribution is -0.140. The maximum atomic E-state index is 13.7. The van der Waals surface area contributed by atoms with Crippen LogP contribution in [0.1, 0.15) is 32.8 Å². The average Bonchev–Trinajstić information content (AvgIpc) is 2.78. The molecule has 0 spiro atoms. The van der Waals surface area contributed by atoms with Gasteiger partial charge in [0.25, 0.3) is 0 Å². The molecule has 0 heterocycles. The van der Waals surface area contributed by atoms with Crippen molar-refractivity contribution in [3.05, 3.63) is 62.1 Å². The normalized spacial score (nSPS) is 12.4. The molecule has 0 radical (unpaired) electrons. The van der Waals surface area contributed by atoms with Crippen molar-refractivity contribution in [2.75, 3.05) is 23.7 Å². The van der Waals surface area contributed by atoms with Gasteiger partial charge in [0.05, 0.1) is 17.0 Å². The van der Waals surface area contributed by atoms with E-state index in [2.05, 4.69) is 5.32 Å². The Kier molecular flexibility index (Phi) is 11.2. The van der Waals surface area contributed by atoms with E-state index in [4.69, 9.17) is 46.4 Å². The monoisotopic (exact) mass is 595 g/mol. The number of hydrogen-bond acceptors (Lipinski definition) is 4. The molecule has 1 atom stereocenters. The van der Waals surface area contributed by atoms with Gasteiger partial charge in [0.15, 0.2) is 0 Å². The van der Waals surface area contributed by atoms with Gasteiger partial charge in [-0.3, -0.25) is 13.9 Å². The van der Waals surface area contributed by atoms with Crippen molar-refractivity contribution >= 4 is 73.9 Å². The van der Waals surface area contributed by atoms with E-state index < -0.39 is 28.5 Å². The third-order valence-electron chi connectivity index (χ3n) is 5.32. The molecule has 1 unspecified atom stereocenters. The summed E-state index contributed by atoms with van der Waals surface area (Å²) in [4.78, 5) is 28.1. The van der Waals surface area contributed by atoms with Crippen molar-refractivity contribution in [1.29, 1.82) is 0 Å². The van der Waals surface area contributed by atoms with E-state index in [-0.39, 0.29) is 40.5 Å². The van der Waals surface area contributed by atoms with Gasteiger partial charge in [-0.25, -0.2) is 8.42 Å². The molecular formula is C24H29Cl4N3O4S. The first-order valence-electron chi connectivity index (χ1n) is 11.2. The summed E-state index contributed by atoms with van der Waals surface area (Å²) in [7, 11) is -3.96. The molecule has 0 aliphatic heterocycles. The van der Waals surface area contributed by atoms with Crippen LogP contribution >= 0.6 is 46.4 Å². The number of halogens is 4. The molecule has 2 aromatic carbocycles. The first kappa shape index (κ1) is 30.5. The third-order valence-corrected chi connectivity index (χ3v) is 7.71. The van der Waals surface area contributed by atoms with Crippen LogP contribution in [0.15, 0.2) is 36.4 Å². The van der Waals surface area contributed by atoms with E-state index in [1.54, 1.807) is 25.1 Å². The Labute approximate surface area is 232 Å². The minimum atomic E-state index is -3.96. The summed E-state index contributed by atoms with van der Waals surface area (Å²) in [6.45, 7) is 5.35. The Morgan fingerprint density at radius 2 is 1.61 bits per heavy atom. The lowest BCUT2D eigenvalue weighted by Crippen LogP contribution is -2.52. The van der Waals surface area contributed by atoms with Gasteiger partial charge < -0.3 is 10.2 Å². The number of carbonyl (C=O) groups is 2. The van der Waals surface area contributed by atoms with Crippen LogP contribution in [0.25, 0.3) is 0 Å². The van der Waals surface area contributed by atoms with Crippen LogP contribution in [0.3, 0.4) is 0 Å². The smallest absolute Gasteiger partial charge is 0.244 e.